The standard InChI is InChI=1S/C5H10BrN/c1-4(6)5(2)7-3/h4H,1-3H3. The Morgan fingerprint density at radius 2 is 2.14 bits per heavy atom. The first-order valence-electron chi connectivity index (χ1n) is 2.26. The quantitative estimate of drug-likeness (QED) is 0.414. The first kappa shape index (κ1) is 7.15. The maximum absolute atomic E-state index is 3.96. The van der Waals surface area contributed by atoms with Crippen molar-refractivity contribution in [2.75, 3.05) is 7.05 Å². The normalized spacial score (nSPS) is 16.9. The van der Waals surface area contributed by atoms with Gasteiger partial charge in [-0.05, 0) is 13.8 Å². The predicted molar refractivity (Wildman–Crippen MR) is 37.4 cm³/mol. The third-order valence-electron chi connectivity index (χ3n) is 0.928. The van der Waals surface area contributed by atoms with Gasteiger partial charge in [-0.15, -0.1) is 0 Å². The van der Waals surface area contributed by atoms with Crippen LogP contribution in [0.25, 0.3) is 0 Å². The van der Waals surface area contributed by atoms with Gasteiger partial charge in [0.05, 0.1) is 0 Å². The summed E-state index contributed by atoms with van der Waals surface area (Å²) < 4.78 is 0. The lowest BCUT2D eigenvalue weighted by atomic mass is 10.3. The minimum absolute atomic E-state index is 0.428. The molecule has 0 saturated heterocycles. The van der Waals surface area contributed by atoms with Crippen LogP contribution in [0, 0.1) is 0 Å². The molecule has 0 radical (unpaired) electrons. The van der Waals surface area contributed by atoms with Crippen LogP contribution in [0.4, 0.5) is 0 Å². The summed E-state index contributed by atoms with van der Waals surface area (Å²) in [5, 5.41) is 0. The molecular weight excluding hydrogens is 154 g/mol. The molecule has 0 aromatic rings. The summed E-state index contributed by atoms with van der Waals surface area (Å²) in [4.78, 5) is 4.39. The van der Waals surface area contributed by atoms with Crippen molar-refractivity contribution in [2.45, 2.75) is 18.7 Å². The van der Waals surface area contributed by atoms with Crippen LogP contribution in [-0.2, 0) is 0 Å². The zero-order valence-electron chi connectivity index (χ0n) is 4.90. The third-order valence-corrected chi connectivity index (χ3v) is 1.59. The summed E-state index contributed by atoms with van der Waals surface area (Å²) in [5.74, 6) is 0. The SMILES string of the molecule is CN=C(C)C(C)Br. The highest BCUT2D eigenvalue weighted by atomic mass is 79.9. The van der Waals surface area contributed by atoms with Crippen LogP contribution in [0.1, 0.15) is 13.8 Å². The lowest BCUT2D eigenvalue weighted by Gasteiger charge is -1.96. The lowest BCUT2D eigenvalue weighted by Crippen LogP contribution is -2.03. The Balaban J connectivity index is 3.56. The molecule has 42 valence electrons. The fourth-order valence-corrected chi connectivity index (χ4v) is 0.383. The molecule has 1 unspecified atom stereocenters. The third kappa shape index (κ3) is 2.80. The smallest absolute Gasteiger partial charge is 0.0493 e. The van der Waals surface area contributed by atoms with Gasteiger partial charge in [-0.25, -0.2) is 0 Å². The van der Waals surface area contributed by atoms with E-state index >= 15 is 0 Å². The molecule has 0 spiro atoms. The maximum Gasteiger partial charge on any atom is 0.0493 e. The number of halogens is 1. The molecule has 0 aliphatic heterocycles. The molecule has 0 aliphatic carbocycles. The average Bonchev–Trinajstić information content (AvgIpc) is 1.65. The van der Waals surface area contributed by atoms with E-state index in [-0.39, 0.29) is 0 Å². The molecule has 0 bridgehead atoms. The van der Waals surface area contributed by atoms with Crippen molar-refractivity contribution < 1.29 is 0 Å². The van der Waals surface area contributed by atoms with Gasteiger partial charge in [0, 0.05) is 17.6 Å². The second-order valence-electron chi connectivity index (χ2n) is 1.48. The predicted octanol–water partition coefficient (Wildman–Crippen LogP) is 1.86. The summed E-state index contributed by atoms with van der Waals surface area (Å²) in [6.07, 6.45) is 0. The molecule has 0 amide bonds. The van der Waals surface area contributed by atoms with E-state index in [1.807, 2.05) is 6.92 Å². The molecule has 0 N–H and O–H groups in total. The Bertz CT molecular complexity index is 76.1. The number of alkyl halides is 1. The van der Waals surface area contributed by atoms with Crippen LogP contribution < -0.4 is 0 Å². The van der Waals surface area contributed by atoms with Gasteiger partial charge in [-0.2, -0.15) is 0 Å². The Hall–Kier alpha value is 0.150. The zero-order chi connectivity index (χ0) is 5.86. The first-order chi connectivity index (χ1) is 3.18. The lowest BCUT2D eigenvalue weighted by molar-refractivity contribution is 1.27. The number of aliphatic imine (C=N–C) groups is 1. The second-order valence-corrected chi connectivity index (χ2v) is 2.85. The number of nitrogens with zero attached hydrogens (tertiary/aromatic N) is 1. The van der Waals surface area contributed by atoms with Crippen molar-refractivity contribution >= 4 is 21.6 Å². The van der Waals surface area contributed by atoms with E-state index in [0.717, 1.165) is 5.71 Å². The summed E-state index contributed by atoms with van der Waals surface area (Å²) in [5.41, 5.74) is 1.14. The van der Waals surface area contributed by atoms with Crippen molar-refractivity contribution in [1.82, 2.24) is 0 Å². The number of hydrogen-bond donors (Lipinski definition) is 0. The minimum atomic E-state index is 0.428. The summed E-state index contributed by atoms with van der Waals surface area (Å²) in [6.45, 7) is 4.06. The minimum Gasteiger partial charge on any atom is -0.297 e. The number of rotatable bonds is 1. The van der Waals surface area contributed by atoms with Gasteiger partial charge in [-0.3, -0.25) is 4.99 Å². The van der Waals surface area contributed by atoms with Crippen LogP contribution >= 0.6 is 15.9 Å². The molecule has 1 nitrogen and oxygen atoms in total. The summed E-state index contributed by atoms with van der Waals surface area (Å²) in [6, 6.07) is 0. The topological polar surface area (TPSA) is 12.4 Å². The molecule has 1 atom stereocenters. The van der Waals surface area contributed by atoms with Crippen molar-refractivity contribution in [2.24, 2.45) is 4.99 Å². The van der Waals surface area contributed by atoms with Gasteiger partial charge >= 0.3 is 0 Å². The molecule has 0 fully saturated rings. The molecular formula is C5H10BrN. The van der Waals surface area contributed by atoms with Gasteiger partial charge in [0.2, 0.25) is 0 Å². The van der Waals surface area contributed by atoms with Crippen LogP contribution in [0.15, 0.2) is 4.99 Å². The Kier molecular flexibility index (Phi) is 3.26. The molecule has 0 saturated carbocycles. The largest absolute Gasteiger partial charge is 0.297 e. The van der Waals surface area contributed by atoms with Crippen LogP contribution in [0.3, 0.4) is 0 Å². The fourth-order valence-electron chi connectivity index (χ4n) is 0.178. The highest BCUT2D eigenvalue weighted by Gasteiger charge is 1.94. The van der Waals surface area contributed by atoms with Gasteiger partial charge in [-0.1, -0.05) is 15.9 Å². The molecule has 0 aliphatic rings. The highest BCUT2D eigenvalue weighted by Crippen LogP contribution is 1.98. The highest BCUT2D eigenvalue weighted by molar-refractivity contribution is 9.10. The fraction of sp³-hybridized carbons (Fsp3) is 0.800. The van der Waals surface area contributed by atoms with E-state index in [0.29, 0.717) is 4.83 Å². The van der Waals surface area contributed by atoms with E-state index in [2.05, 4.69) is 27.8 Å². The van der Waals surface area contributed by atoms with Crippen LogP contribution in [0.2, 0.25) is 0 Å². The monoisotopic (exact) mass is 163 g/mol. The van der Waals surface area contributed by atoms with Crippen LogP contribution in [-0.4, -0.2) is 17.6 Å². The van der Waals surface area contributed by atoms with Crippen molar-refractivity contribution in [3.63, 3.8) is 0 Å². The van der Waals surface area contributed by atoms with Gasteiger partial charge in [0.15, 0.2) is 0 Å². The summed E-state index contributed by atoms with van der Waals surface area (Å²) in [7, 11) is 1.80. The van der Waals surface area contributed by atoms with Crippen molar-refractivity contribution in [3.05, 3.63) is 0 Å². The number of hydrogen-bond acceptors (Lipinski definition) is 1. The van der Waals surface area contributed by atoms with Gasteiger partial charge in [0.1, 0.15) is 0 Å². The van der Waals surface area contributed by atoms with Crippen LogP contribution in [0.5, 0.6) is 0 Å². The van der Waals surface area contributed by atoms with E-state index in [4.69, 9.17) is 0 Å². The van der Waals surface area contributed by atoms with E-state index in [9.17, 15) is 0 Å². The van der Waals surface area contributed by atoms with E-state index in [1.165, 1.54) is 0 Å². The van der Waals surface area contributed by atoms with Crippen molar-refractivity contribution in [1.29, 1.82) is 0 Å². The molecule has 0 aromatic carbocycles. The van der Waals surface area contributed by atoms with Gasteiger partial charge < -0.3 is 0 Å². The maximum atomic E-state index is 3.96. The molecule has 0 rings (SSSR count). The Labute approximate surface area is 53.0 Å². The average molecular weight is 164 g/mol. The Morgan fingerprint density at radius 3 is 2.14 bits per heavy atom. The van der Waals surface area contributed by atoms with E-state index in [1.54, 1.807) is 7.05 Å². The summed E-state index contributed by atoms with van der Waals surface area (Å²) >= 11 is 3.37. The molecule has 0 heterocycles. The first-order valence-corrected chi connectivity index (χ1v) is 3.17. The molecule has 2 heteroatoms. The second kappa shape index (κ2) is 3.19. The molecule has 0 aromatic heterocycles. The Morgan fingerprint density at radius 1 is 1.71 bits per heavy atom. The zero-order valence-corrected chi connectivity index (χ0v) is 6.49. The molecule has 7 heavy (non-hydrogen) atoms. The van der Waals surface area contributed by atoms with E-state index < -0.39 is 0 Å². The van der Waals surface area contributed by atoms with Crippen molar-refractivity contribution in [3.8, 4) is 0 Å². The van der Waals surface area contributed by atoms with Gasteiger partial charge in [0.25, 0.3) is 0 Å².